The highest BCUT2D eigenvalue weighted by atomic mass is 32.1. The lowest BCUT2D eigenvalue weighted by Crippen LogP contribution is -2.13. The maximum absolute atomic E-state index is 12.0. The second-order valence-electron chi connectivity index (χ2n) is 6.14. The summed E-state index contributed by atoms with van der Waals surface area (Å²) >= 11 is 1.58. The second kappa shape index (κ2) is 7.49. The normalized spacial score (nSPS) is 10.5. The van der Waals surface area contributed by atoms with Gasteiger partial charge in [0.2, 0.25) is 5.91 Å². The topological polar surface area (TPSA) is 54.0 Å². The molecule has 0 aliphatic heterocycles. The van der Waals surface area contributed by atoms with E-state index in [0.29, 0.717) is 12.1 Å². The van der Waals surface area contributed by atoms with Crippen LogP contribution in [-0.4, -0.2) is 10.9 Å². The van der Waals surface area contributed by atoms with Crippen LogP contribution < -0.4 is 10.6 Å². The first-order valence-corrected chi connectivity index (χ1v) is 9.02. The van der Waals surface area contributed by atoms with E-state index in [1.807, 2.05) is 29.6 Å². The van der Waals surface area contributed by atoms with Crippen molar-refractivity contribution in [1.82, 2.24) is 4.98 Å². The van der Waals surface area contributed by atoms with Gasteiger partial charge in [-0.3, -0.25) is 4.79 Å². The molecule has 0 unspecified atom stereocenters. The van der Waals surface area contributed by atoms with Crippen molar-refractivity contribution in [2.75, 3.05) is 10.6 Å². The summed E-state index contributed by atoms with van der Waals surface area (Å²) < 4.78 is 0. The van der Waals surface area contributed by atoms with Gasteiger partial charge in [0.15, 0.2) is 0 Å². The van der Waals surface area contributed by atoms with Crippen LogP contribution in [0, 0.1) is 20.8 Å². The zero-order chi connectivity index (χ0) is 17.8. The van der Waals surface area contributed by atoms with E-state index in [1.54, 1.807) is 17.5 Å². The molecule has 0 bridgehead atoms. The number of carbonyl (C=O) groups is 1. The van der Waals surface area contributed by atoms with Crippen molar-refractivity contribution in [3.8, 4) is 0 Å². The average Bonchev–Trinajstić information content (AvgIpc) is 3.05. The van der Waals surface area contributed by atoms with Gasteiger partial charge in [-0.15, -0.1) is 11.3 Å². The van der Waals surface area contributed by atoms with E-state index < -0.39 is 0 Å². The minimum absolute atomic E-state index is 0.0322. The van der Waals surface area contributed by atoms with E-state index >= 15 is 0 Å². The number of pyridine rings is 1. The number of nitrogens with zero attached hydrogens (tertiary/aromatic N) is 1. The number of carbonyl (C=O) groups excluding carboxylic acids is 1. The Bertz CT molecular complexity index is 847. The van der Waals surface area contributed by atoms with Gasteiger partial charge < -0.3 is 10.6 Å². The minimum Gasteiger partial charge on any atom is -0.340 e. The molecule has 2 N–H and O–H groups in total. The summed E-state index contributed by atoms with van der Waals surface area (Å²) in [5.41, 5.74) is 5.40. The molecule has 0 atom stereocenters. The van der Waals surface area contributed by atoms with E-state index in [4.69, 9.17) is 0 Å². The number of thiophene rings is 1. The molecule has 3 aromatic rings. The van der Waals surface area contributed by atoms with Gasteiger partial charge >= 0.3 is 0 Å². The number of hydrogen-bond acceptors (Lipinski definition) is 4. The third-order valence-electron chi connectivity index (χ3n) is 3.89. The highest BCUT2D eigenvalue weighted by Crippen LogP contribution is 2.25. The molecular weight excluding hydrogens is 330 g/mol. The molecule has 128 valence electrons. The van der Waals surface area contributed by atoms with Gasteiger partial charge in [0.05, 0.1) is 18.3 Å². The molecule has 0 fully saturated rings. The molecule has 0 saturated carbocycles. The summed E-state index contributed by atoms with van der Waals surface area (Å²) in [7, 11) is 0. The third kappa shape index (κ3) is 4.45. The van der Waals surface area contributed by atoms with Crippen LogP contribution >= 0.6 is 11.3 Å². The Morgan fingerprint density at radius 2 is 1.88 bits per heavy atom. The fourth-order valence-corrected chi connectivity index (χ4v) is 3.53. The number of benzene rings is 1. The third-order valence-corrected chi connectivity index (χ3v) is 4.77. The number of anilines is 3. The lowest BCUT2D eigenvalue weighted by molar-refractivity contribution is -0.115. The molecule has 0 aliphatic carbocycles. The van der Waals surface area contributed by atoms with Crippen LogP contribution in [0.5, 0.6) is 0 Å². The average molecular weight is 351 g/mol. The van der Waals surface area contributed by atoms with Crippen molar-refractivity contribution in [3.05, 3.63) is 69.5 Å². The van der Waals surface area contributed by atoms with Gasteiger partial charge in [0, 0.05) is 10.6 Å². The van der Waals surface area contributed by atoms with Crippen molar-refractivity contribution < 1.29 is 4.79 Å². The maximum atomic E-state index is 12.0. The van der Waals surface area contributed by atoms with Gasteiger partial charge in [-0.1, -0.05) is 23.8 Å². The van der Waals surface area contributed by atoms with Crippen molar-refractivity contribution in [3.63, 3.8) is 0 Å². The lowest BCUT2D eigenvalue weighted by Gasteiger charge is -2.13. The monoisotopic (exact) mass is 351 g/mol. The van der Waals surface area contributed by atoms with Gasteiger partial charge in [0.1, 0.15) is 5.82 Å². The lowest BCUT2D eigenvalue weighted by atomic mass is 10.1. The summed E-state index contributed by atoms with van der Waals surface area (Å²) in [4.78, 5) is 17.5. The maximum Gasteiger partial charge on any atom is 0.229 e. The van der Waals surface area contributed by atoms with Crippen molar-refractivity contribution >= 4 is 34.4 Å². The predicted molar refractivity (Wildman–Crippen MR) is 105 cm³/mol. The molecule has 0 saturated heterocycles. The molecule has 0 aliphatic rings. The second-order valence-corrected chi connectivity index (χ2v) is 7.17. The van der Waals surface area contributed by atoms with Crippen LogP contribution in [0.4, 0.5) is 17.2 Å². The molecule has 2 aromatic heterocycles. The molecule has 4 nitrogen and oxygen atoms in total. The molecule has 0 spiro atoms. The Labute approximate surface area is 151 Å². The molecule has 5 heteroatoms. The van der Waals surface area contributed by atoms with Gasteiger partial charge in [-0.25, -0.2) is 4.98 Å². The van der Waals surface area contributed by atoms with E-state index in [9.17, 15) is 4.79 Å². The molecule has 3 rings (SSSR count). The highest BCUT2D eigenvalue weighted by molar-refractivity contribution is 7.10. The molecule has 1 aromatic carbocycles. The van der Waals surface area contributed by atoms with Crippen LogP contribution in [0.3, 0.4) is 0 Å². The Morgan fingerprint density at radius 3 is 2.48 bits per heavy atom. The van der Waals surface area contributed by atoms with Crippen molar-refractivity contribution in [2.45, 2.75) is 27.2 Å². The number of aromatic nitrogens is 1. The fourth-order valence-electron chi connectivity index (χ4n) is 2.82. The Balaban J connectivity index is 1.65. The molecule has 2 heterocycles. The Morgan fingerprint density at radius 1 is 1.12 bits per heavy atom. The van der Waals surface area contributed by atoms with E-state index in [0.717, 1.165) is 16.4 Å². The summed E-state index contributed by atoms with van der Waals surface area (Å²) in [6.45, 7) is 6.26. The van der Waals surface area contributed by atoms with Crippen LogP contribution in [-0.2, 0) is 11.2 Å². The van der Waals surface area contributed by atoms with Gasteiger partial charge in [-0.05, 0) is 55.5 Å². The standard InChI is InChI=1S/C20H21N3OS/c1-13-9-14(2)20(15(3)10-13)23-18-7-6-16(12-21-18)22-19(24)11-17-5-4-8-25-17/h4-10,12H,11H2,1-3H3,(H,21,23)(H,22,24). The highest BCUT2D eigenvalue weighted by Gasteiger charge is 2.07. The first-order valence-electron chi connectivity index (χ1n) is 8.14. The van der Waals surface area contributed by atoms with Crippen LogP contribution in [0.15, 0.2) is 48.0 Å². The van der Waals surface area contributed by atoms with E-state index in [1.165, 1.54) is 16.7 Å². The molecule has 0 radical (unpaired) electrons. The van der Waals surface area contributed by atoms with Crippen molar-refractivity contribution in [1.29, 1.82) is 0 Å². The first kappa shape index (κ1) is 17.2. The SMILES string of the molecule is Cc1cc(C)c(Nc2ccc(NC(=O)Cc3cccs3)cn2)c(C)c1. The van der Waals surface area contributed by atoms with Crippen LogP contribution in [0.1, 0.15) is 21.6 Å². The van der Waals surface area contributed by atoms with Crippen LogP contribution in [0.25, 0.3) is 0 Å². The van der Waals surface area contributed by atoms with Gasteiger partial charge in [0.25, 0.3) is 0 Å². The number of rotatable bonds is 5. The summed E-state index contributed by atoms with van der Waals surface area (Å²) in [6.07, 6.45) is 2.06. The fraction of sp³-hybridized carbons (Fsp3) is 0.200. The van der Waals surface area contributed by atoms with E-state index in [2.05, 4.69) is 48.5 Å². The number of amides is 1. The summed E-state index contributed by atoms with van der Waals surface area (Å²) in [6, 6.07) is 11.9. The summed E-state index contributed by atoms with van der Waals surface area (Å²) in [5, 5.41) is 8.21. The molecule has 25 heavy (non-hydrogen) atoms. The largest absolute Gasteiger partial charge is 0.340 e. The molecule has 1 amide bonds. The Kier molecular flexibility index (Phi) is 5.14. The predicted octanol–water partition coefficient (Wildman–Crippen LogP) is 4.99. The zero-order valence-electron chi connectivity index (χ0n) is 14.6. The summed E-state index contributed by atoms with van der Waals surface area (Å²) in [5.74, 6) is 0.724. The van der Waals surface area contributed by atoms with Gasteiger partial charge in [-0.2, -0.15) is 0 Å². The Hall–Kier alpha value is -2.66. The molecular formula is C20H21N3OS. The number of aryl methyl sites for hydroxylation is 3. The minimum atomic E-state index is -0.0322. The smallest absolute Gasteiger partial charge is 0.229 e. The number of hydrogen-bond donors (Lipinski definition) is 2. The van der Waals surface area contributed by atoms with E-state index in [-0.39, 0.29) is 5.91 Å². The zero-order valence-corrected chi connectivity index (χ0v) is 15.4. The number of nitrogens with one attached hydrogen (secondary N) is 2. The quantitative estimate of drug-likeness (QED) is 0.680. The van der Waals surface area contributed by atoms with Crippen molar-refractivity contribution in [2.24, 2.45) is 0 Å². The first-order chi connectivity index (χ1) is 12.0. The van der Waals surface area contributed by atoms with Crippen LogP contribution in [0.2, 0.25) is 0 Å².